The van der Waals surface area contributed by atoms with E-state index in [2.05, 4.69) is 38.4 Å². The van der Waals surface area contributed by atoms with Crippen molar-refractivity contribution in [1.29, 1.82) is 0 Å². The summed E-state index contributed by atoms with van der Waals surface area (Å²) >= 11 is 7.99. The first-order valence-corrected chi connectivity index (χ1v) is 10.8. The number of imide groups is 1. The number of carbonyl (C=O) groups is 2. The number of amides is 2. The van der Waals surface area contributed by atoms with Crippen LogP contribution in [0.15, 0.2) is 62.9 Å². The highest BCUT2D eigenvalue weighted by atomic mass is 79.9. The third-order valence-electron chi connectivity index (χ3n) is 4.01. The number of halogens is 2. The molecule has 0 N–H and O–H groups in total. The minimum Gasteiger partial charge on any atom is -0.487 e. The van der Waals surface area contributed by atoms with E-state index < -0.39 is 0 Å². The number of hydrogen-bond acceptors (Lipinski definition) is 4. The summed E-state index contributed by atoms with van der Waals surface area (Å²) in [5.74, 6) is 0.374. The molecule has 2 aromatic carbocycles. The first-order chi connectivity index (χ1) is 13.4. The Labute approximate surface area is 184 Å². The fraction of sp³-hybridized carbons (Fsp3) is 0.143. The highest BCUT2D eigenvalue weighted by Crippen LogP contribution is 2.38. The number of benzene rings is 2. The highest BCUT2D eigenvalue weighted by molar-refractivity contribution is 9.11. The van der Waals surface area contributed by atoms with Crippen LogP contribution < -0.4 is 4.74 Å². The van der Waals surface area contributed by atoms with Crippen LogP contribution in [0.3, 0.4) is 0 Å². The van der Waals surface area contributed by atoms with Crippen molar-refractivity contribution in [3.05, 3.63) is 79.6 Å². The number of aryl methyl sites for hydroxylation is 1. The number of nitrogens with zero attached hydrogens (tertiary/aromatic N) is 1. The Hall–Kier alpha value is -1.83. The zero-order chi connectivity index (χ0) is 20.3. The van der Waals surface area contributed by atoms with Crippen LogP contribution in [0.1, 0.15) is 16.7 Å². The molecule has 28 heavy (non-hydrogen) atoms. The van der Waals surface area contributed by atoms with Gasteiger partial charge in [-0.3, -0.25) is 14.5 Å². The molecule has 1 aliphatic heterocycles. The third kappa shape index (κ3) is 4.77. The Balaban J connectivity index is 1.78. The lowest BCUT2D eigenvalue weighted by Gasteiger charge is -2.12. The molecule has 1 fully saturated rings. The van der Waals surface area contributed by atoms with Crippen molar-refractivity contribution < 1.29 is 14.3 Å². The summed E-state index contributed by atoms with van der Waals surface area (Å²) < 4.78 is 7.46. The van der Waals surface area contributed by atoms with E-state index in [1.807, 2.05) is 43.3 Å². The van der Waals surface area contributed by atoms with E-state index in [9.17, 15) is 9.59 Å². The summed E-state index contributed by atoms with van der Waals surface area (Å²) in [6, 6.07) is 11.9. The minimum atomic E-state index is -0.304. The minimum absolute atomic E-state index is 0.210. The number of hydrogen-bond donors (Lipinski definition) is 0. The second kappa shape index (κ2) is 9.11. The molecule has 0 bridgehead atoms. The van der Waals surface area contributed by atoms with E-state index in [-0.39, 0.29) is 17.7 Å². The largest absolute Gasteiger partial charge is 0.487 e. The molecule has 0 unspecified atom stereocenters. The first-order valence-electron chi connectivity index (χ1n) is 8.42. The Kier molecular flexibility index (Phi) is 6.80. The van der Waals surface area contributed by atoms with Crippen LogP contribution in [0.25, 0.3) is 6.08 Å². The summed E-state index contributed by atoms with van der Waals surface area (Å²) in [7, 11) is 0. The fourth-order valence-corrected chi connectivity index (χ4v) is 4.88. The second-order valence-electron chi connectivity index (χ2n) is 6.17. The van der Waals surface area contributed by atoms with Crippen LogP contribution in [0.4, 0.5) is 4.79 Å². The van der Waals surface area contributed by atoms with Crippen molar-refractivity contribution in [2.24, 2.45) is 0 Å². The van der Waals surface area contributed by atoms with Crippen molar-refractivity contribution in [3.63, 3.8) is 0 Å². The van der Waals surface area contributed by atoms with Crippen LogP contribution in [0, 0.1) is 6.92 Å². The Morgan fingerprint density at radius 3 is 2.39 bits per heavy atom. The lowest BCUT2D eigenvalue weighted by Crippen LogP contribution is -2.27. The zero-order valence-electron chi connectivity index (χ0n) is 15.1. The zero-order valence-corrected chi connectivity index (χ0v) is 19.1. The van der Waals surface area contributed by atoms with Crippen LogP contribution in [0.2, 0.25) is 0 Å². The smallest absolute Gasteiger partial charge is 0.293 e. The Bertz CT molecular complexity index is 947. The lowest BCUT2D eigenvalue weighted by molar-refractivity contribution is -0.122. The van der Waals surface area contributed by atoms with Gasteiger partial charge in [0.2, 0.25) is 0 Å². The molecule has 1 heterocycles. The first kappa shape index (κ1) is 20.9. The third-order valence-corrected chi connectivity index (χ3v) is 6.09. The molecule has 1 aliphatic rings. The average Bonchev–Trinajstić information content (AvgIpc) is 2.90. The van der Waals surface area contributed by atoms with Crippen molar-refractivity contribution in [2.75, 3.05) is 6.54 Å². The van der Waals surface area contributed by atoms with Gasteiger partial charge in [0, 0.05) is 6.54 Å². The molecule has 0 saturated carbocycles. The topological polar surface area (TPSA) is 46.6 Å². The van der Waals surface area contributed by atoms with Gasteiger partial charge in [-0.2, -0.15) is 0 Å². The highest BCUT2D eigenvalue weighted by Gasteiger charge is 2.34. The Morgan fingerprint density at radius 1 is 1.14 bits per heavy atom. The standard InChI is InChI=1S/C21H17Br2NO3S/c1-3-8-24-20(25)18(28-21(24)26)11-15-9-16(22)19(17(23)10-15)27-12-14-6-4-13(2)5-7-14/h3-7,9-11H,1,8,12H2,2H3/b18-11+. The predicted molar refractivity (Wildman–Crippen MR) is 120 cm³/mol. The molecular weight excluding hydrogens is 506 g/mol. The monoisotopic (exact) mass is 521 g/mol. The van der Waals surface area contributed by atoms with Gasteiger partial charge in [0.15, 0.2) is 0 Å². The normalized spacial score (nSPS) is 15.4. The van der Waals surface area contributed by atoms with Gasteiger partial charge in [-0.1, -0.05) is 35.9 Å². The van der Waals surface area contributed by atoms with Gasteiger partial charge in [0.05, 0.1) is 13.9 Å². The van der Waals surface area contributed by atoms with Gasteiger partial charge in [-0.25, -0.2) is 0 Å². The van der Waals surface area contributed by atoms with Crippen molar-refractivity contribution in [2.45, 2.75) is 13.5 Å². The van der Waals surface area contributed by atoms with Crippen molar-refractivity contribution >= 4 is 60.8 Å². The summed E-state index contributed by atoms with van der Waals surface area (Å²) in [5, 5.41) is -0.285. The van der Waals surface area contributed by atoms with E-state index in [0.29, 0.717) is 17.3 Å². The molecule has 3 rings (SSSR count). The Morgan fingerprint density at radius 2 is 1.79 bits per heavy atom. The molecule has 144 valence electrons. The van der Waals surface area contributed by atoms with E-state index in [1.165, 1.54) is 16.5 Å². The molecule has 2 aromatic rings. The van der Waals surface area contributed by atoms with Gasteiger partial charge in [0.25, 0.3) is 11.1 Å². The molecule has 0 radical (unpaired) electrons. The lowest BCUT2D eigenvalue weighted by atomic mass is 10.1. The molecule has 4 nitrogen and oxygen atoms in total. The van der Waals surface area contributed by atoms with Gasteiger partial charge in [-0.15, -0.1) is 6.58 Å². The molecule has 2 amide bonds. The number of thioether (sulfide) groups is 1. The molecule has 0 aliphatic carbocycles. The fourth-order valence-electron chi connectivity index (χ4n) is 2.58. The number of ether oxygens (including phenoxy) is 1. The number of carbonyl (C=O) groups excluding carboxylic acids is 2. The quantitative estimate of drug-likeness (QED) is 0.329. The molecule has 0 atom stereocenters. The summed E-state index contributed by atoms with van der Waals surface area (Å²) in [6.45, 7) is 6.27. The van der Waals surface area contributed by atoms with E-state index in [1.54, 1.807) is 6.08 Å². The molecule has 0 spiro atoms. The van der Waals surface area contributed by atoms with Crippen LogP contribution in [-0.2, 0) is 11.4 Å². The second-order valence-corrected chi connectivity index (χ2v) is 8.87. The molecule has 0 aromatic heterocycles. The summed E-state index contributed by atoms with van der Waals surface area (Å²) in [4.78, 5) is 25.9. The maximum atomic E-state index is 12.4. The van der Waals surface area contributed by atoms with Crippen LogP contribution in [-0.4, -0.2) is 22.6 Å². The maximum absolute atomic E-state index is 12.4. The maximum Gasteiger partial charge on any atom is 0.293 e. The number of rotatable bonds is 6. The molecule has 1 saturated heterocycles. The SMILES string of the molecule is C=CCN1C(=O)S/C(=C/c2cc(Br)c(OCc3ccc(C)cc3)c(Br)c2)C1=O. The van der Waals surface area contributed by atoms with Crippen LogP contribution >= 0.6 is 43.6 Å². The summed E-state index contributed by atoms with van der Waals surface area (Å²) in [6.07, 6.45) is 3.24. The van der Waals surface area contributed by atoms with Gasteiger partial charge in [0.1, 0.15) is 12.4 Å². The van der Waals surface area contributed by atoms with Crippen molar-refractivity contribution in [1.82, 2.24) is 4.90 Å². The predicted octanol–water partition coefficient (Wildman–Crippen LogP) is 6.32. The molecule has 7 heteroatoms. The average molecular weight is 523 g/mol. The summed E-state index contributed by atoms with van der Waals surface area (Å²) in [5.41, 5.74) is 3.06. The van der Waals surface area contributed by atoms with Gasteiger partial charge >= 0.3 is 0 Å². The molecular formula is C21H17Br2NO3S. The van der Waals surface area contributed by atoms with Gasteiger partial charge < -0.3 is 4.74 Å². The van der Waals surface area contributed by atoms with Crippen molar-refractivity contribution in [3.8, 4) is 5.75 Å². The van der Waals surface area contributed by atoms with E-state index in [0.717, 1.165) is 31.8 Å². The van der Waals surface area contributed by atoms with E-state index >= 15 is 0 Å². The van der Waals surface area contributed by atoms with Crippen LogP contribution in [0.5, 0.6) is 5.75 Å². The van der Waals surface area contributed by atoms with E-state index in [4.69, 9.17) is 4.74 Å². The van der Waals surface area contributed by atoms with Gasteiger partial charge in [-0.05, 0) is 79.9 Å².